The van der Waals surface area contributed by atoms with Gasteiger partial charge < -0.3 is 14.6 Å². The minimum atomic E-state index is -0.473. The fourth-order valence-electron chi connectivity index (χ4n) is 3.30. The summed E-state index contributed by atoms with van der Waals surface area (Å²) in [5.74, 6) is 1.42. The number of aliphatic hydroxyl groups excluding tert-OH is 1. The molecule has 4 nitrogen and oxygen atoms in total. The summed E-state index contributed by atoms with van der Waals surface area (Å²) < 4.78 is 11.9. The Balaban J connectivity index is 1.64. The first-order chi connectivity index (χ1) is 9.67. The van der Waals surface area contributed by atoms with E-state index in [1.807, 2.05) is 18.2 Å². The average molecular weight is 274 g/mol. The van der Waals surface area contributed by atoms with Gasteiger partial charge in [-0.05, 0) is 49.8 Å². The second-order valence-electron chi connectivity index (χ2n) is 6.25. The zero-order chi connectivity index (χ0) is 13.8. The molecule has 106 valence electrons. The first kappa shape index (κ1) is 12.2. The lowest BCUT2D eigenvalue weighted by Gasteiger charge is -2.44. The van der Waals surface area contributed by atoms with Crippen LogP contribution in [0.1, 0.15) is 37.7 Å². The maximum absolute atomic E-state index is 11.9. The number of fused-ring (bicyclic) bond motifs is 1. The van der Waals surface area contributed by atoms with E-state index in [-0.39, 0.29) is 11.4 Å². The van der Waals surface area contributed by atoms with Crippen LogP contribution in [0.2, 0.25) is 0 Å². The zero-order valence-electron chi connectivity index (χ0n) is 11.4. The molecule has 0 amide bonds. The highest BCUT2D eigenvalue weighted by molar-refractivity contribution is 5.94. The molecule has 20 heavy (non-hydrogen) atoms. The lowest BCUT2D eigenvalue weighted by atomic mass is 9.80. The molecule has 2 saturated carbocycles. The van der Waals surface area contributed by atoms with Gasteiger partial charge in [-0.15, -0.1) is 0 Å². The van der Waals surface area contributed by atoms with Crippen LogP contribution >= 0.6 is 0 Å². The second kappa shape index (κ2) is 3.98. The second-order valence-corrected chi connectivity index (χ2v) is 6.25. The van der Waals surface area contributed by atoms with Crippen molar-refractivity contribution in [2.75, 3.05) is 13.2 Å². The molecule has 3 aliphatic rings. The molecule has 0 saturated heterocycles. The van der Waals surface area contributed by atoms with E-state index in [0.717, 1.165) is 42.7 Å². The van der Waals surface area contributed by atoms with Gasteiger partial charge in [-0.1, -0.05) is 6.07 Å². The van der Waals surface area contributed by atoms with Crippen LogP contribution in [0.25, 0.3) is 0 Å². The number of carbonyl (C=O) groups is 1. The van der Waals surface area contributed by atoms with Crippen LogP contribution in [-0.4, -0.2) is 29.7 Å². The molecule has 1 heterocycles. The van der Waals surface area contributed by atoms with Crippen molar-refractivity contribution in [3.63, 3.8) is 0 Å². The average Bonchev–Trinajstić information content (AvgIpc) is 3.25. The smallest absolute Gasteiger partial charge is 0.168 e. The largest absolute Gasteiger partial charge is 0.486 e. The van der Waals surface area contributed by atoms with Crippen LogP contribution in [0.5, 0.6) is 11.5 Å². The van der Waals surface area contributed by atoms with E-state index >= 15 is 0 Å². The third kappa shape index (κ3) is 1.61. The molecule has 2 aliphatic carbocycles. The molecule has 0 bridgehead atoms. The number of carbonyl (C=O) groups excluding carboxylic acids is 1. The van der Waals surface area contributed by atoms with Gasteiger partial charge in [0.2, 0.25) is 0 Å². The molecule has 0 unspecified atom stereocenters. The Morgan fingerprint density at radius 2 is 2.00 bits per heavy atom. The van der Waals surface area contributed by atoms with Crippen molar-refractivity contribution in [2.24, 2.45) is 0 Å². The molecule has 1 aromatic rings. The quantitative estimate of drug-likeness (QED) is 0.915. The molecule has 0 atom stereocenters. The van der Waals surface area contributed by atoms with Gasteiger partial charge in [0.05, 0.1) is 5.41 Å². The van der Waals surface area contributed by atoms with E-state index in [1.165, 1.54) is 6.42 Å². The fourth-order valence-corrected chi connectivity index (χ4v) is 3.30. The first-order valence-electron chi connectivity index (χ1n) is 7.28. The number of benzene rings is 1. The number of hydrogen-bond donors (Lipinski definition) is 1. The number of rotatable bonds is 3. The molecule has 0 radical (unpaired) electrons. The third-order valence-corrected chi connectivity index (χ3v) is 5.01. The van der Waals surface area contributed by atoms with Crippen LogP contribution in [0, 0.1) is 0 Å². The summed E-state index contributed by atoms with van der Waals surface area (Å²) in [6.45, 7) is 0.210. The van der Waals surface area contributed by atoms with Crippen molar-refractivity contribution in [1.29, 1.82) is 0 Å². The topological polar surface area (TPSA) is 55.8 Å². The van der Waals surface area contributed by atoms with E-state index in [9.17, 15) is 4.79 Å². The van der Waals surface area contributed by atoms with E-state index in [0.29, 0.717) is 6.61 Å². The van der Waals surface area contributed by atoms with Crippen molar-refractivity contribution < 1.29 is 19.4 Å². The SMILES string of the molecule is O=C(CO)C1(c2ccc3c(c2)OCC2(CCC2)O3)CC1. The molecule has 4 rings (SSSR count). The minimum Gasteiger partial charge on any atom is -0.486 e. The van der Waals surface area contributed by atoms with Gasteiger partial charge in [-0.3, -0.25) is 4.79 Å². The number of hydrogen-bond acceptors (Lipinski definition) is 4. The Labute approximate surface area is 117 Å². The summed E-state index contributed by atoms with van der Waals surface area (Å²) in [5.41, 5.74) is 0.370. The molecule has 1 N–H and O–H groups in total. The standard InChI is InChI=1S/C16H18O4/c17-9-14(18)16(6-7-16)11-2-3-12-13(8-11)19-10-15(20-12)4-1-5-15/h2-3,8,17H,1,4-7,9-10H2. The summed E-state index contributed by atoms with van der Waals surface area (Å²) >= 11 is 0. The molecule has 1 aliphatic heterocycles. The van der Waals surface area contributed by atoms with Gasteiger partial charge in [0, 0.05) is 0 Å². The molecular formula is C16H18O4. The van der Waals surface area contributed by atoms with E-state index in [1.54, 1.807) is 0 Å². The molecular weight excluding hydrogens is 256 g/mol. The molecule has 2 fully saturated rings. The van der Waals surface area contributed by atoms with Crippen molar-refractivity contribution in [3.8, 4) is 11.5 Å². The van der Waals surface area contributed by atoms with Crippen molar-refractivity contribution in [1.82, 2.24) is 0 Å². The summed E-state index contributed by atoms with van der Waals surface area (Å²) in [7, 11) is 0. The predicted octanol–water partition coefficient (Wildman–Crippen LogP) is 1.97. The third-order valence-electron chi connectivity index (χ3n) is 5.01. The summed E-state index contributed by atoms with van der Waals surface area (Å²) in [6.07, 6.45) is 4.94. The van der Waals surface area contributed by atoms with Gasteiger partial charge in [-0.25, -0.2) is 0 Å². The van der Waals surface area contributed by atoms with Crippen molar-refractivity contribution >= 4 is 5.78 Å². The lowest BCUT2D eigenvalue weighted by Crippen LogP contribution is -2.50. The predicted molar refractivity (Wildman–Crippen MR) is 72.2 cm³/mol. The lowest BCUT2D eigenvalue weighted by molar-refractivity contribution is -0.124. The highest BCUT2D eigenvalue weighted by atomic mass is 16.6. The number of ether oxygens (including phenoxy) is 2. The Morgan fingerprint density at radius 3 is 2.60 bits per heavy atom. The van der Waals surface area contributed by atoms with Gasteiger partial charge in [0.1, 0.15) is 18.8 Å². The monoisotopic (exact) mass is 274 g/mol. The highest BCUT2D eigenvalue weighted by Gasteiger charge is 2.51. The van der Waals surface area contributed by atoms with E-state index < -0.39 is 12.0 Å². The summed E-state index contributed by atoms with van der Waals surface area (Å²) in [5, 5.41) is 9.11. The van der Waals surface area contributed by atoms with Gasteiger partial charge in [0.25, 0.3) is 0 Å². The maximum Gasteiger partial charge on any atom is 0.168 e. The minimum absolute atomic E-state index is 0.0929. The maximum atomic E-state index is 11.9. The fraction of sp³-hybridized carbons (Fsp3) is 0.562. The Morgan fingerprint density at radius 1 is 1.20 bits per heavy atom. The first-order valence-corrected chi connectivity index (χ1v) is 7.28. The number of ketones is 1. The molecule has 4 heteroatoms. The van der Waals surface area contributed by atoms with Crippen LogP contribution in [-0.2, 0) is 10.2 Å². The number of aliphatic hydroxyl groups is 1. The zero-order valence-corrected chi connectivity index (χ0v) is 11.4. The van der Waals surface area contributed by atoms with Gasteiger partial charge in [-0.2, -0.15) is 0 Å². The molecule has 1 aromatic carbocycles. The van der Waals surface area contributed by atoms with E-state index in [4.69, 9.17) is 14.6 Å². The van der Waals surface area contributed by atoms with E-state index in [2.05, 4.69) is 0 Å². The molecule has 0 aromatic heterocycles. The summed E-state index contributed by atoms with van der Waals surface area (Å²) in [4.78, 5) is 11.9. The normalized spacial score (nSPS) is 24.1. The molecule has 1 spiro atoms. The van der Waals surface area contributed by atoms with Crippen molar-refractivity contribution in [3.05, 3.63) is 23.8 Å². The summed E-state index contributed by atoms with van der Waals surface area (Å²) in [6, 6.07) is 5.77. The van der Waals surface area contributed by atoms with Gasteiger partial charge >= 0.3 is 0 Å². The van der Waals surface area contributed by atoms with Gasteiger partial charge in [0.15, 0.2) is 17.3 Å². The Bertz CT molecular complexity index is 570. The van der Waals surface area contributed by atoms with Crippen molar-refractivity contribution in [2.45, 2.75) is 43.1 Å². The van der Waals surface area contributed by atoms with Crippen LogP contribution < -0.4 is 9.47 Å². The Hall–Kier alpha value is -1.55. The highest BCUT2D eigenvalue weighted by Crippen LogP contribution is 2.52. The van der Waals surface area contributed by atoms with Crippen LogP contribution in [0.3, 0.4) is 0 Å². The number of Topliss-reactive ketones (excluding diaryl/α,β-unsaturated/α-hetero) is 1. The Kier molecular flexibility index (Phi) is 2.43. The van der Waals surface area contributed by atoms with Crippen LogP contribution in [0.15, 0.2) is 18.2 Å². The van der Waals surface area contributed by atoms with Crippen LogP contribution in [0.4, 0.5) is 0 Å².